The highest BCUT2D eigenvalue weighted by molar-refractivity contribution is 6.25. The Labute approximate surface area is 236 Å². The van der Waals surface area contributed by atoms with Crippen LogP contribution in [-0.4, -0.2) is 0 Å². The van der Waals surface area contributed by atoms with Crippen LogP contribution in [0.3, 0.4) is 0 Å². The Morgan fingerprint density at radius 3 is 1.39 bits per heavy atom. The fourth-order valence-corrected chi connectivity index (χ4v) is 6.87. The highest BCUT2D eigenvalue weighted by Crippen LogP contribution is 2.42. The molecule has 0 heterocycles. The summed E-state index contributed by atoms with van der Waals surface area (Å²) in [6, 6.07) is 49.3. The second kappa shape index (κ2) is 8.36. The molecule has 9 aromatic rings. The van der Waals surface area contributed by atoms with Crippen molar-refractivity contribution in [1.82, 2.24) is 0 Å². The van der Waals surface area contributed by atoms with Crippen LogP contribution in [0.1, 0.15) is 0 Å². The van der Waals surface area contributed by atoms with Crippen LogP contribution in [0.2, 0.25) is 0 Å². The maximum Gasteiger partial charge on any atom is 0.123 e. The van der Waals surface area contributed by atoms with Crippen molar-refractivity contribution >= 4 is 64.6 Å². The molecule has 0 nitrogen and oxygen atoms in total. The average Bonchev–Trinajstić information content (AvgIpc) is 3.01. The molecule has 0 radical (unpaired) electrons. The van der Waals surface area contributed by atoms with E-state index in [0.717, 1.165) is 16.3 Å². The summed E-state index contributed by atoms with van der Waals surface area (Å²) in [4.78, 5) is 0. The average molecular weight is 523 g/mol. The van der Waals surface area contributed by atoms with E-state index in [0.29, 0.717) is 0 Å². The van der Waals surface area contributed by atoms with Crippen LogP contribution >= 0.6 is 0 Å². The van der Waals surface area contributed by atoms with Crippen molar-refractivity contribution in [3.05, 3.63) is 145 Å². The summed E-state index contributed by atoms with van der Waals surface area (Å²) < 4.78 is 13.7. The fraction of sp³-hybridized carbons (Fsp3) is 0. The van der Waals surface area contributed by atoms with Gasteiger partial charge in [-0.1, -0.05) is 91.0 Å². The summed E-state index contributed by atoms with van der Waals surface area (Å²) in [5, 5.41) is 14.6. The minimum absolute atomic E-state index is 0.204. The lowest BCUT2D eigenvalue weighted by atomic mass is 9.87. The summed E-state index contributed by atoms with van der Waals surface area (Å²) in [5.74, 6) is -0.204. The minimum Gasteiger partial charge on any atom is -0.207 e. The fourth-order valence-electron chi connectivity index (χ4n) is 6.87. The zero-order valence-electron chi connectivity index (χ0n) is 22.2. The number of rotatable bonds is 2. The van der Waals surface area contributed by atoms with Gasteiger partial charge in [-0.3, -0.25) is 0 Å². The highest BCUT2D eigenvalue weighted by atomic mass is 19.1. The van der Waals surface area contributed by atoms with Gasteiger partial charge in [0.2, 0.25) is 0 Å². The largest absolute Gasteiger partial charge is 0.207 e. The van der Waals surface area contributed by atoms with E-state index in [9.17, 15) is 4.39 Å². The van der Waals surface area contributed by atoms with Crippen LogP contribution in [0.25, 0.3) is 86.9 Å². The van der Waals surface area contributed by atoms with Crippen molar-refractivity contribution in [2.24, 2.45) is 0 Å². The van der Waals surface area contributed by atoms with Gasteiger partial charge in [-0.25, -0.2) is 4.39 Å². The Balaban J connectivity index is 1.27. The zero-order chi connectivity index (χ0) is 27.1. The highest BCUT2D eigenvalue weighted by Gasteiger charge is 2.15. The van der Waals surface area contributed by atoms with Crippen molar-refractivity contribution in [3.8, 4) is 22.3 Å². The van der Waals surface area contributed by atoms with E-state index in [-0.39, 0.29) is 5.82 Å². The number of hydrogen-bond acceptors (Lipinski definition) is 0. The molecule has 0 spiro atoms. The third-order valence-electron chi connectivity index (χ3n) is 8.73. The molecule has 9 aromatic carbocycles. The first kappa shape index (κ1) is 22.5. The lowest BCUT2D eigenvalue weighted by Gasteiger charge is -2.17. The van der Waals surface area contributed by atoms with Crippen molar-refractivity contribution in [2.45, 2.75) is 0 Å². The van der Waals surface area contributed by atoms with Gasteiger partial charge in [-0.15, -0.1) is 0 Å². The molecule has 0 aliphatic heterocycles. The van der Waals surface area contributed by atoms with E-state index >= 15 is 0 Å². The van der Waals surface area contributed by atoms with Gasteiger partial charge in [0.15, 0.2) is 0 Å². The molecule has 0 amide bonds. The predicted molar refractivity (Wildman–Crippen MR) is 173 cm³/mol. The second-order valence-electron chi connectivity index (χ2n) is 11.1. The summed E-state index contributed by atoms with van der Waals surface area (Å²) >= 11 is 0. The first-order valence-electron chi connectivity index (χ1n) is 14.0. The topological polar surface area (TPSA) is 0 Å². The zero-order valence-corrected chi connectivity index (χ0v) is 22.2. The van der Waals surface area contributed by atoms with Crippen LogP contribution in [0.5, 0.6) is 0 Å². The molecule has 0 atom stereocenters. The minimum atomic E-state index is -0.204. The standard InChI is InChI=1S/C40H23F/c41-35-16-15-24-17-25(9-10-26(24)23-35)33-19-29-11-13-31-21-34(22-32-14-12-30(20-33)38(29)39(31)32)40-36-7-3-1-5-27(36)18-28-6-2-4-8-37(28)40/h1-23H. The Kier molecular flexibility index (Phi) is 4.60. The molecular weight excluding hydrogens is 499 g/mol. The molecule has 0 saturated heterocycles. The molecule has 0 bridgehead atoms. The Hall–Kier alpha value is -5.27. The van der Waals surface area contributed by atoms with Gasteiger partial charge in [-0.2, -0.15) is 0 Å². The maximum atomic E-state index is 13.7. The monoisotopic (exact) mass is 522 g/mol. The van der Waals surface area contributed by atoms with E-state index in [1.807, 2.05) is 12.1 Å². The molecule has 0 fully saturated rings. The molecule has 0 saturated carbocycles. The first-order chi connectivity index (χ1) is 20.2. The van der Waals surface area contributed by atoms with E-state index in [2.05, 4.69) is 115 Å². The van der Waals surface area contributed by atoms with Crippen LogP contribution in [0.15, 0.2) is 140 Å². The summed E-state index contributed by atoms with van der Waals surface area (Å²) in [5.41, 5.74) is 4.85. The van der Waals surface area contributed by atoms with Gasteiger partial charge in [0.25, 0.3) is 0 Å². The second-order valence-corrected chi connectivity index (χ2v) is 11.1. The normalized spacial score (nSPS) is 12.0. The Bertz CT molecular complexity index is 2360. The molecule has 0 aromatic heterocycles. The van der Waals surface area contributed by atoms with Gasteiger partial charge in [-0.05, 0) is 135 Å². The number of benzene rings is 9. The first-order valence-corrected chi connectivity index (χ1v) is 14.0. The third-order valence-corrected chi connectivity index (χ3v) is 8.73. The lowest BCUT2D eigenvalue weighted by Crippen LogP contribution is -1.89. The molecule has 41 heavy (non-hydrogen) atoms. The number of halogens is 1. The van der Waals surface area contributed by atoms with Gasteiger partial charge in [0, 0.05) is 0 Å². The van der Waals surface area contributed by atoms with Gasteiger partial charge < -0.3 is 0 Å². The van der Waals surface area contributed by atoms with Gasteiger partial charge in [0.05, 0.1) is 0 Å². The molecule has 0 unspecified atom stereocenters. The number of hydrogen-bond donors (Lipinski definition) is 0. The smallest absolute Gasteiger partial charge is 0.123 e. The Morgan fingerprint density at radius 1 is 0.317 bits per heavy atom. The lowest BCUT2D eigenvalue weighted by molar-refractivity contribution is 0.630. The van der Waals surface area contributed by atoms with E-state index < -0.39 is 0 Å². The number of fused-ring (bicyclic) bond motifs is 3. The molecule has 0 aliphatic rings. The van der Waals surface area contributed by atoms with Crippen molar-refractivity contribution in [1.29, 1.82) is 0 Å². The molecule has 1 heteroatoms. The molecule has 0 aliphatic carbocycles. The van der Waals surface area contributed by atoms with Crippen molar-refractivity contribution in [3.63, 3.8) is 0 Å². The predicted octanol–water partition coefficient (Wildman–Crippen LogP) is 11.5. The van der Waals surface area contributed by atoms with E-state index in [1.165, 1.54) is 76.6 Å². The Morgan fingerprint density at radius 2 is 0.780 bits per heavy atom. The van der Waals surface area contributed by atoms with Gasteiger partial charge in [0.1, 0.15) is 5.82 Å². The van der Waals surface area contributed by atoms with Crippen LogP contribution in [-0.2, 0) is 0 Å². The summed E-state index contributed by atoms with van der Waals surface area (Å²) in [6.07, 6.45) is 0. The van der Waals surface area contributed by atoms with Crippen LogP contribution in [0, 0.1) is 5.82 Å². The summed E-state index contributed by atoms with van der Waals surface area (Å²) in [6.45, 7) is 0. The third kappa shape index (κ3) is 3.39. The van der Waals surface area contributed by atoms with Gasteiger partial charge >= 0.3 is 0 Å². The quantitative estimate of drug-likeness (QED) is 0.156. The molecule has 9 rings (SSSR count). The van der Waals surface area contributed by atoms with Crippen LogP contribution < -0.4 is 0 Å². The maximum absolute atomic E-state index is 13.7. The van der Waals surface area contributed by atoms with Crippen molar-refractivity contribution < 1.29 is 4.39 Å². The van der Waals surface area contributed by atoms with Crippen LogP contribution in [0.4, 0.5) is 4.39 Å². The SMILES string of the molecule is Fc1ccc2cc(-c3cc4ccc5cc(-c6c7ccccc7cc7ccccc67)cc6ccc(c3)c4c56)ccc2c1. The molecule has 0 N–H and O–H groups in total. The molecular formula is C40H23F. The molecule has 190 valence electrons. The van der Waals surface area contributed by atoms with E-state index in [4.69, 9.17) is 0 Å². The summed E-state index contributed by atoms with van der Waals surface area (Å²) in [7, 11) is 0. The van der Waals surface area contributed by atoms with Crippen molar-refractivity contribution in [2.75, 3.05) is 0 Å². The van der Waals surface area contributed by atoms with E-state index in [1.54, 1.807) is 6.07 Å².